The van der Waals surface area contributed by atoms with Crippen molar-refractivity contribution < 1.29 is 14.4 Å². The molecule has 4 heteroatoms. The van der Waals surface area contributed by atoms with Crippen LogP contribution in [-0.4, -0.2) is 25.2 Å². The molecule has 0 saturated carbocycles. The van der Waals surface area contributed by atoms with Gasteiger partial charge in [0, 0.05) is 7.05 Å². The number of rotatable bonds is 2. The number of hydrogen-bond donors (Lipinski definition) is 0. The average Bonchev–Trinajstić information content (AvgIpc) is 2.71. The van der Waals surface area contributed by atoms with Crippen LogP contribution in [0.2, 0.25) is 0 Å². The summed E-state index contributed by atoms with van der Waals surface area (Å²) in [5.41, 5.74) is 1.51. The van der Waals surface area contributed by atoms with Crippen LogP contribution in [0.5, 0.6) is 0 Å². The van der Waals surface area contributed by atoms with Gasteiger partial charge in [-0.15, -0.1) is 5.06 Å². The minimum absolute atomic E-state index is 0.200. The first-order valence-corrected chi connectivity index (χ1v) is 4.97. The van der Waals surface area contributed by atoms with E-state index in [0.717, 1.165) is 5.56 Å². The molecule has 1 aliphatic heterocycles. The lowest BCUT2D eigenvalue weighted by Gasteiger charge is -2.19. The molecule has 0 fully saturated rings. The summed E-state index contributed by atoms with van der Waals surface area (Å²) in [5.74, 6) is -0.363. The highest BCUT2D eigenvalue weighted by Crippen LogP contribution is 2.33. The van der Waals surface area contributed by atoms with Gasteiger partial charge in [0.25, 0.3) is 0 Å². The van der Waals surface area contributed by atoms with Gasteiger partial charge in [-0.25, -0.2) is 4.79 Å². The first-order chi connectivity index (χ1) is 7.74. The standard InChI is InChI=1S/C12H13NO3/c1-13-11(9-6-4-3-5-7-9)10(8-16-13)12(14)15-2/h3-8,11H,1-2H3. The summed E-state index contributed by atoms with van der Waals surface area (Å²) in [6, 6.07) is 9.49. The smallest absolute Gasteiger partial charge is 0.339 e. The zero-order valence-corrected chi connectivity index (χ0v) is 9.21. The molecule has 1 heterocycles. The van der Waals surface area contributed by atoms with Crippen molar-refractivity contribution in [3.8, 4) is 0 Å². The number of carbonyl (C=O) groups excluding carboxylic acids is 1. The van der Waals surface area contributed by atoms with E-state index in [9.17, 15) is 4.79 Å². The molecule has 0 spiro atoms. The molecule has 0 N–H and O–H groups in total. The summed E-state index contributed by atoms with van der Waals surface area (Å²) in [4.78, 5) is 16.8. The van der Waals surface area contributed by atoms with Crippen LogP contribution in [0.15, 0.2) is 42.2 Å². The Hall–Kier alpha value is -1.81. The van der Waals surface area contributed by atoms with Crippen molar-refractivity contribution in [1.82, 2.24) is 5.06 Å². The molecule has 1 aromatic rings. The Morgan fingerprint density at radius 3 is 2.69 bits per heavy atom. The quantitative estimate of drug-likeness (QED) is 0.709. The molecule has 1 atom stereocenters. The van der Waals surface area contributed by atoms with Crippen molar-refractivity contribution in [2.45, 2.75) is 6.04 Å². The van der Waals surface area contributed by atoms with Gasteiger partial charge in [0.15, 0.2) is 0 Å². The first kappa shape index (κ1) is 10.7. The van der Waals surface area contributed by atoms with Gasteiger partial charge in [-0.05, 0) is 5.56 Å². The van der Waals surface area contributed by atoms with Crippen LogP contribution in [0.3, 0.4) is 0 Å². The third-order valence-corrected chi connectivity index (χ3v) is 2.54. The summed E-state index contributed by atoms with van der Waals surface area (Å²) in [6.45, 7) is 0. The highest BCUT2D eigenvalue weighted by Gasteiger charge is 2.33. The molecule has 1 aliphatic rings. The van der Waals surface area contributed by atoms with Crippen molar-refractivity contribution in [2.24, 2.45) is 0 Å². The lowest BCUT2D eigenvalue weighted by molar-refractivity contribution is -0.137. The molecule has 0 aliphatic carbocycles. The molecule has 16 heavy (non-hydrogen) atoms. The van der Waals surface area contributed by atoms with Crippen molar-refractivity contribution in [3.05, 3.63) is 47.7 Å². The Balaban J connectivity index is 2.32. The third kappa shape index (κ3) is 1.79. The Bertz CT molecular complexity index is 414. The molecule has 0 bridgehead atoms. The maximum atomic E-state index is 11.5. The molecule has 4 nitrogen and oxygen atoms in total. The average molecular weight is 219 g/mol. The van der Waals surface area contributed by atoms with Gasteiger partial charge in [-0.1, -0.05) is 30.3 Å². The van der Waals surface area contributed by atoms with Gasteiger partial charge in [0.05, 0.1) is 12.7 Å². The number of methoxy groups -OCH3 is 1. The van der Waals surface area contributed by atoms with E-state index >= 15 is 0 Å². The number of carbonyl (C=O) groups is 1. The lowest BCUT2D eigenvalue weighted by atomic mass is 10.0. The number of hydrogen-bond acceptors (Lipinski definition) is 4. The van der Waals surface area contributed by atoms with Gasteiger partial charge < -0.3 is 9.57 Å². The van der Waals surface area contributed by atoms with E-state index in [-0.39, 0.29) is 12.0 Å². The molecular formula is C12H13NO3. The van der Waals surface area contributed by atoms with Gasteiger partial charge >= 0.3 is 5.97 Å². The second kappa shape index (κ2) is 4.37. The fraction of sp³-hybridized carbons (Fsp3) is 0.250. The largest absolute Gasteiger partial charge is 0.466 e. The monoisotopic (exact) mass is 219 g/mol. The minimum Gasteiger partial charge on any atom is -0.466 e. The molecular weight excluding hydrogens is 206 g/mol. The van der Waals surface area contributed by atoms with E-state index in [1.165, 1.54) is 13.4 Å². The Morgan fingerprint density at radius 1 is 1.38 bits per heavy atom. The minimum atomic E-state index is -0.363. The Morgan fingerprint density at radius 2 is 2.06 bits per heavy atom. The van der Waals surface area contributed by atoms with Crippen LogP contribution in [0.25, 0.3) is 0 Å². The molecule has 0 aromatic heterocycles. The van der Waals surface area contributed by atoms with Gasteiger partial charge in [-0.2, -0.15) is 0 Å². The number of ether oxygens (including phenoxy) is 1. The Kier molecular flexibility index (Phi) is 2.92. The van der Waals surface area contributed by atoms with Crippen molar-refractivity contribution in [1.29, 1.82) is 0 Å². The maximum absolute atomic E-state index is 11.5. The van der Waals surface area contributed by atoms with Crippen molar-refractivity contribution in [2.75, 3.05) is 14.2 Å². The summed E-state index contributed by atoms with van der Waals surface area (Å²) < 4.78 is 4.72. The maximum Gasteiger partial charge on any atom is 0.339 e. The van der Waals surface area contributed by atoms with Crippen LogP contribution in [0.1, 0.15) is 11.6 Å². The highest BCUT2D eigenvalue weighted by molar-refractivity contribution is 5.90. The first-order valence-electron chi connectivity index (χ1n) is 4.97. The third-order valence-electron chi connectivity index (χ3n) is 2.54. The molecule has 1 unspecified atom stereocenters. The van der Waals surface area contributed by atoms with Crippen LogP contribution in [0, 0.1) is 0 Å². The number of benzene rings is 1. The molecule has 1 aromatic carbocycles. The number of esters is 1. The molecule has 0 radical (unpaired) electrons. The lowest BCUT2D eigenvalue weighted by Crippen LogP contribution is -2.22. The van der Waals surface area contributed by atoms with E-state index in [0.29, 0.717) is 5.57 Å². The van der Waals surface area contributed by atoms with Crippen molar-refractivity contribution >= 4 is 5.97 Å². The van der Waals surface area contributed by atoms with Gasteiger partial charge in [0.1, 0.15) is 12.3 Å². The number of hydroxylamine groups is 2. The molecule has 84 valence electrons. The normalized spacial score (nSPS) is 20.1. The predicted octanol–water partition coefficient (Wildman–Crippen LogP) is 1.66. The topological polar surface area (TPSA) is 38.8 Å². The molecule has 0 amide bonds. The second-order valence-electron chi connectivity index (χ2n) is 3.53. The van der Waals surface area contributed by atoms with E-state index < -0.39 is 0 Å². The summed E-state index contributed by atoms with van der Waals surface area (Å²) in [6.07, 6.45) is 1.43. The van der Waals surface area contributed by atoms with Crippen LogP contribution in [-0.2, 0) is 14.4 Å². The SMILES string of the molecule is COC(=O)C1=CON(C)C1c1ccccc1. The predicted molar refractivity (Wildman–Crippen MR) is 58.1 cm³/mol. The zero-order valence-electron chi connectivity index (χ0n) is 9.21. The van der Waals surface area contributed by atoms with Gasteiger partial charge in [0.2, 0.25) is 0 Å². The molecule has 2 rings (SSSR count). The van der Waals surface area contributed by atoms with Crippen LogP contribution in [0.4, 0.5) is 0 Å². The van der Waals surface area contributed by atoms with Crippen LogP contribution < -0.4 is 0 Å². The van der Waals surface area contributed by atoms with Crippen molar-refractivity contribution in [3.63, 3.8) is 0 Å². The highest BCUT2D eigenvalue weighted by atomic mass is 16.7. The molecule has 0 saturated heterocycles. The summed E-state index contributed by atoms with van der Waals surface area (Å²) >= 11 is 0. The fourth-order valence-corrected chi connectivity index (χ4v) is 1.76. The van der Waals surface area contributed by atoms with Crippen LogP contribution >= 0.6 is 0 Å². The van der Waals surface area contributed by atoms with E-state index in [1.807, 2.05) is 30.3 Å². The van der Waals surface area contributed by atoms with Gasteiger partial charge in [-0.3, -0.25) is 0 Å². The summed E-state index contributed by atoms with van der Waals surface area (Å²) in [7, 11) is 3.15. The van der Waals surface area contributed by atoms with E-state index in [2.05, 4.69) is 0 Å². The van der Waals surface area contributed by atoms with E-state index in [4.69, 9.17) is 9.57 Å². The number of nitrogens with zero attached hydrogens (tertiary/aromatic N) is 1. The second-order valence-corrected chi connectivity index (χ2v) is 3.53. The number of likely N-dealkylation sites (N-methyl/N-ethyl adjacent to an activating group) is 1. The Labute approximate surface area is 94.0 Å². The fourth-order valence-electron chi connectivity index (χ4n) is 1.76. The zero-order chi connectivity index (χ0) is 11.5. The van der Waals surface area contributed by atoms with E-state index in [1.54, 1.807) is 12.1 Å². The summed E-state index contributed by atoms with van der Waals surface area (Å²) in [5, 5.41) is 1.63.